The predicted octanol–water partition coefficient (Wildman–Crippen LogP) is 2.37. The minimum Gasteiger partial charge on any atom is -0.464 e. The Kier molecular flexibility index (Phi) is 3.46. The van der Waals surface area contributed by atoms with Crippen LogP contribution in [0.4, 0.5) is 0 Å². The number of carbonyl (C=O) groups excluding carboxylic acids is 1. The van der Waals surface area contributed by atoms with Crippen LogP contribution in [0.5, 0.6) is 0 Å². The smallest absolute Gasteiger partial charge is 0.334 e. The molecule has 3 heterocycles. The molecule has 3 saturated heterocycles. The van der Waals surface area contributed by atoms with Gasteiger partial charge in [-0.05, 0) is 37.7 Å². The standard InChI is InChI=1S/C17H23NO5Si/c1-5-20-15(19)17-13-11-21-18(17)23-16(2,12-9-7-6-8-10-12)14(17)22-24(13,3)4/h6-10,13-14H,5,11H2,1-4H3/t13-,14+,16+,17+/m0/s1. The highest BCUT2D eigenvalue weighted by Gasteiger charge is 2.81. The van der Waals surface area contributed by atoms with Crippen molar-refractivity contribution in [2.45, 2.75) is 49.7 Å². The van der Waals surface area contributed by atoms with Gasteiger partial charge >= 0.3 is 5.97 Å². The Morgan fingerprint density at radius 1 is 1.38 bits per heavy atom. The number of benzene rings is 1. The number of hydrogen-bond acceptors (Lipinski definition) is 6. The zero-order valence-electron chi connectivity index (χ0n) is 14.4. The first kappa shape index (κ1) is 16.2. The highest BCUT2D eigenvalue weighted by atomic mass is 28.4. The van der Waals surface area contributed by atoms with E-state index in [1.807, 2.05) is 44.2 Å². The molecule has 0 radical (unpaired) electrons. The largest absolute Gasteiger partial charge is 0.464 e. The monoisotopic (exact) mass is 349 g/mol. The molecule has 6 nitrogen and oxygen atoms in total. The Hall–Kier alpha value is -1.25. The molecule has 1 aromatic rings. The molecule has 0 saturated carbocycles. The maximum Gasteiger partial charge on any atom is 0.334 e. The zero-order chi connectivity index (χ0) is 17.2. The van der Waals surface area contributed by atoms with Gasteiger partial charge in [0.05, 0.1) is 13.2 Å². The van der Waals surface area contributed by atoms with Crippen molar-refractivity contribution in [2.24, 2.45) is 0 Å². The first-order valence-corrected chi connectivity index (χ1v) is 11.4. The molecule has 24 heavy (non-hydrogen) atoms. The van der Waals surface area contributed by atoms with Crippen molar-refractivity contribution in [3.63, 3.8) is 0 Å². The molecule has 0 unspecified atom stereocenters. The van der Waals surface area contributed by atoms with Gasteiger partial charge in [-0.1, -0.05) is 30.3 Å². The molecule has 7 heteroatoms. The molecule has 4 rings (SSSR count). The van der Waals surface area contributed by atoms with Crippen LogP contribution >= 0.6 is 0 Å². The van der Waals surface area contributed by atoms with Gasteiger partial charge in [0.2, 0.25) is 5.54 Å². The highest BCUT2D eigenvalue weighted by molar-refractivity contribution is 6.74. The Balaban J connectivity index is 1.87. The number of esters is 1. The number of hydrogen-bond donors (Lipinski definition) is 0. The van der Waals surface area contributed by atoms with Crippen molar-refractivity contribution < 1.29 is 23.6 Å². The second kappa shape index (κ2) is 5.12. The fourth-order valence-electron chi connectivity index (χ4n) is 4.39. The van der Waals surface area contributed by atoms with Crippen LogP contribution in [0.1, 0.15) is 19.4 Å². The van der Waals surface area contributed by atoms with E-state index in [0.29, 0.717) is 13.2 Å². The Bertz CT molecular complexity index is 668. The maximum atomic E-state index is 13.0. The van der Waals surface area contributed by atoms with E-state index in [9.17, 15) is 4.79 Å². The molecule has 0 N–H and O–H groups in total. The van der Waals surface area contributed by atoms with Crippen molar-refractivity contribution in [3.8, 4) is 0 Å². The molecule has 4 atom stereocenters. The molecule has 130 valence electrons. The molecule has 3 aliphatic heterocycles. The summed E-state index contributed by atoms with van der Waals surface area (Å²) >= 11 is 0. The van der Waals surface area contributed by atoms with Gasteiger partial charge in [-0.3, -0.25) is 9.68 Å². The van der Waals surface area contributed by atoms with E-state index in [1.54, 1.807) is 0 Å². The SMILES string of the molecule is CCOC(=O)[C@]12[C@@H]3O[Si](C)(C)[C@H]1CON2O[C@]3(C)c1ccccc1. The summed E-state index contributed by atoms with van der Waals surface area (Å²) in [5.74, 6) is -0.310. The Labute approximate surface area is 142 Å². The molecule has 1 aromatic carbocycles. The van der Waals surface area contributed by atoms with Crippen LogP contribution in [0.2, 0.25) is 18.6 Å². The van der Waals surface area contributed by atoms with Crippen molar-refractivity contribution in [1.82, 2.24) is 5.23 Å². The number of carbonyl (C=O) groups is 1. The molecule has 0 amide bonds. The summed E-state index contributed by atoms with van der Waals surface area (Å²) < 4.78 is 12.0. The van der Waals surface area contributed by atoms with E-state index < -0.39 is 25.6 Å². The summed E-state index contributed by atoms with van der Waals surface area (Å²) in [6.07, 6.45) is -0.458. The van der Waals surface area contributed by atoms with Gasteiger partial charge in [-0.25, -0.2) is 4.79 Å². The van der Waals surface area contributed by atoms with Crippen LogP contribution in [0.25, 0.3) is 0 Å². The van der Waals surface area contributed by atoms with Crippen molar-refractivity contribution >= 4 is 14.3 Å². The summed E-state index contributed by atoms with van der Waals surface area (Å²) in [4.78, 5) is 25.0. The average molecular weight is 349 g/mol. The molecule has 3 fully saturated rings. The lowest BCUT2D eigenvalue weighted by molar-refractivity contribution is -0.373. The second-order valence-corrected chi connectivity index (χ2v) is 11.5. The third kappa shape index (κ3) is 1.82. The van der Waals surface area contributed by atoms with Crippen LogP contribution in [0, 0.1) is 0 Å². The molecule has 0 aromatic heterocycles. The van der Waals surface area contributed by atoms with Crippen LogP contribution in [0.3, 0.4) is 0 Å². The van der Waals surface area contributed by atoms with Gasteiger partial charge in [0.15, 0.2) is 8.32 Å². The third-order valence-electron chi connectivity index (χ3n) is 5.57. The summed E-state index contributed by atoms with van der Waals surface area (Å²) in [6.45, 7) is 8.79. The molecular weight excluding hydrogens is 326 g/mol. The Morgan fingerprint density at radius 2 is 2.08 bits per heavy atom. The summed E-state index contributed by atoms with van der Waals surface area (Å²) in [6, 6.07) is 9.86. The van der Waals surface area contributed by atoms with E-state index in [4.69, 9.17) is 18.8 Å². The third-order valence-corrected chi connectivity index (χ3v) is 8.70. The lowest BCUT2D eigenvalue weighted by Crippen LogP contribution is -2.55. The van der Waals surface area contributed by atoms with E-state index >= 15 is 0 Å². The zero-order valence-corrected chi connectivity index (χ0v) is 15.4. The Morgan fingerprint density at radius 3 is 2.75 bits per heavy atom. The second-order valence-electron chi connectivity index (χ2n) is 7.32. The molecule has 3 aliphatic rings. The van der Waals surface area contributed by atoms with Crippen LogP contribution in [-0.2, 0) is 29.2 Å². The minimum absolute atomic E-state index is 0.0282. The summed E-state index contributed by atoms with van der Waals surface area (Å²) in [5, 5.41) is 1.38. The van der Waals surface area contributed by atoms with E-state index in [1.165, 1.54) is 5.23 Å². The predicted molar refractivity (Wildman–Crippen MR) is 88.1 cm³/mol. The number of hydroxylamine groups is 2. The van der Waals surface area contributed by atoms with Crippen molar-refractivity contribution in [2.75, 3.05) is 13.2 Å². The van der Waals surface area contributed by atoms with Gasteiger partial charge in [-0.15, -0.1) is 0 Å². The first-order chi connectivity index (χ1) is 11.4. The molecule has 0 spiro atoms. The summed E-state index contributed by atoms with van der Waals surface area (Å²) in [5.41, 5.74) is -0.884. The maximum absolute atomic E-state index is 13.0. The van der Waals surface area contributed by atoms with Crippen molar-refractivity contribution in [1.29, 1.82) is 0 Å². The molecular formula is C17H23NO5Si. The van der Waals surface area contributed by atoms with Gasteiger partial charge in [0.25, 0.3) is 0 Å². The lowest BCUT2D eigenvalue weighted by Gasteiger charge is -2.31. The fourth-order valence-corrected chi connectivity index (χ4v) is 7.47. The van der Waals surface area contributed by atoms with Gasteiger partial charge in [-0.2, -0.15) is 0 Å². The summed E-state index contributed by atoms with van der Waals surface area (Å²) in [7, 11) is -2.16. The van der Waals surface area contributed by atoms with Crippen molar-refractivity contribution in [3.05, 3.63) is 35.9 Å². The fraction of sp³-hybridized carbons (Fsp3) is 0.588. The highest BCUT2D eigenvalue weighted by Crippen LogP contribution is 2.63. The molecule has 0 bridgehead atoms. The quantitative estimate of drug-likeness (QED) is 0.617. The van der Waals surface area contributed by atoms with Gasteiger partial charge in [0.1, 0.15) is 11.7 Å². The minimum atomic E-state index is -2.16. The first-order valence-electron chi connectivity index (χ1n) is 8.40. The van der Waals surface area contributed by atoms with Gasteiger partial charge in [0, 0.05) is 5.54 Å². The van der Waals surface area contributed by atoms with Crippen LogP contribution < -0.4 is 0 Å². The van der Waals surface area contributed by atoms with Crippen LogP contribution in [-0.4, -0.2) is 44.4 Å². The van der Waals surface area contributed by atoms with E-state index in [2.05, 4.69) is 13.1 Å². The average Bonchev–Trinajstić information content (AvgIpc) is 3.12. The van der Waals surface area contributed by atoms with E-state index in [0.717, 1.165) is 5.56 Å². The van der Waals surface area contributed by atoms with Crippen LogP contribution in [0.15, 0.2) is 30.3 Å². The molecule has 0 aliphatic carbocycles. The van der Waals surface area contributed by atoms with Gasteiger partial charge < -0.3 is 9.16 Å². The number of nitrogens with zero attached hydrogens (tertiary/aromatic N) is 1. The normalized spacial score (nSPS) is 39.8. The number of rotatable bonds is 3. The number of ether oxygens (including phenoxy) is 1. The topological polar surface area (TPSA) is 57.2 Å². The van der Waals surface area contributed by atoms with E-state index in [-0.39, 0.29) is 11.5 Å². The lowest BCUT2D eigenvalue weighted by atomic mass is 9.78.